The Kier molecular flexibility index (Phi) is 8.38. The van der Waals surface area contributed by atoms with Crippen LogP contribution in [0, 0.1) is 0 Å². The van der Waals surface area contributed by atoms with Crippen molar-refractivity contribution >= 4 is 35.0 Å². The summed E-state index contributed by atoms with van der Waals surface area (Å²) in [6, 6.07) is 15.7. The van der Waals surface area contributed by atoms with Gasteiger partial charge in [0.05, 0.1) is 24.4 Å². The van der Waals surface area contributed by atoms with Crippen LogP contribution < -0.4 is 15.4 Å². The van der Waals surface area contributed by atoms with Crippen molar-refractivity contribution in [1.82, 2.24) is 10.6 Å². The van der Waals surface area contributed by atoms with Crippen LogP contribution in [0.5, 0.6) is 5.75 Å². The molecule has 3 aromatic rings. The lowest BCUT2D eigenvalue weighted by Gasteiger charge is -2.09. The zero-order valence-corrected chi connectivity index (χ0v) is 18.2. The molecular weight excluding hydrogens is 439 g/mol. The van der Waals surface area contributed by atoms with Crippen molar-refractivity contribution in [2.24, 2.45) is 0 Å². The van der Waals surface area contributed by atoms with Crippen LogP contribution in [0.1, 0.15) is 34.5 Å². The standard InChI is InChI=1S/C23H22Cl2N2O4/c24-18-8-9-21(20(25)13-18)31-11-3-7-22(28)26-14-16-4-1-5-17(12-16)23(29)27-15-19-6-2-10-30-19/h1-2,4-6,8-10,12-13H,3,7,11,14-15H2,(H,26,28)(H,27,29). The second-order valence-electron chi connectivity index (χ2n) is 6.77. The van der Waals surface area contributed by atoms with Gasteiger partial charge in [-0.1, -0.05) is 35.3 Å². The van der Waals surface area contributed by atoms with Crippen LogP contribution in [0.25, 0.3) is 0 Å². The van der Waals surface area contributed by atoms with Crippen molar-refractivity contribution in [3.8, 4) is 5.75 Å². The van der Waals surface area contributed by atoms with E-state index in [0.717, 1.165) is 5.56 Å². The molecule has 0 radical (unpaired) electrons. The van der Waals surface area contributed by atoms with Gasteiger partial charge < -0.3 is 19.8 Å². The van der Waals surface area contributed by atoms with E-state index in [2.05, 4.69) is 10.6 Å². The van der Waals surface area contributed by atoms with Crippen LogP contribution in [0.15, 0.2) is 65.3 Å². The molecule has 0 spiro atoms. The predicted octanol–water partition coefficient (Wildman–Crippen LogP) is 4.99. The molecule has 0 aliphatic heterocycles. The third-order valence-corrected chi connectivity index (χ3v) is 4.91. The largest absolute Gasteiger partial charge is 0.492 e. The summed E-state index contributed by atoms with van der Waals surface area (Å²) >= 11 is 11.9. The van der Waals surface area contributed by atoms with Crippen LogP contribution in [-0.4, -0.2) is 18.4 Å². The van der Waals surface area contributed by atoms with Crippen molar-refractivity contribution in [1.29, 1.82) is 0 Å². The molecule has 0 bridgehead atoms. The van der Waals surface area contributed by atoms with Crippen LogP contribution in [-0.2, 0) is 17.9 Å². The van der Waals surface area contributed by atoms with Crippen LogP contribution in [0.4, 0.5) is 0 Å². The predicted molar refractivity (Wildman–Crippen MR) is 119 cm³/mol. The van der Waals surface area contributed by atoms with E-state index in [9.17, 15) is 9.59 Å². The van der Waals surface area contributed by atoms with Crippen molar-refractivity contribution in [3.63, 3.8) is 0 Å². The molecule has 31 heavy (non-hydrogen) atoms. The molecule has 0 unspecified atom stereocenters. The number of hydrogen-bond acceptors (Lipinski definition) is 4. The number of benzene rings is 2. The maximum Gasteiger partial charge on any atom is 0.251 e. The summed E-state index contributed by atoms with van der Waals surface area (Å²) in [5.74, 6) is 0.911. The smallest absolute Gasteiger partial charge is 0.251 e. The third kappa shape index (κ3) is 7.35. The summed E-state index contributed by atoms with van der Waals surface area (Å²) in [6.07, 6.45) is 2.41. The van der Waals surface area contributed by atoms with Crippen LogP contribution in [0.2, 0.25) is 10.0 Å². The number of hydrogen-bond donors (Lipinski definition) is 2. The van der Waals surface area contributed by atoms with Gasteiger partial charge in [0, 0.05) is 23.6 Å². The fourth-order valence-electron chi connectivity index (χ4n) is 2.80. The van der Waals surface area contributed by atoms with Gasteiger partial charge in [-0.2, -0.15) is 0 Å². The number of carbonyl (C=O) groups is 2. The number of rotatable bonds is 10. The van der Waals surface area contributed by atoms with E-state index in [-0.39, 0.29) is 11.8 Å². The minimum Gasteiger partial charge on any atom is -0.492 e. The highest BCUT2D eigenvalue weighted by Crippen LogP contribution is 2.27. The number of amides is 2. The Morgan fingerprint density at radius 3 is 2.61 bits per heavy atom. The van der Waals surface area contributed by atoms with Crippen molar-refractivity contribution in [2.45, 2.75) is 25.9 Å². The summed E-state index contributed by atoms with van der Waals surface area (Å²) < 4.78 is 10.8. The molecule has 2 amide bonds. The second kappa shape index (κ2) is 11.4. The zero-order valence-electron chi connectivity index (χ0n) is 16.7. The highest BCUT2D eigenvalue weighted by atomic mass is 35.5. The van der Waals surface area contributed by atoms with Gasteiger partial charge in [-0.3, -0.25) is 9.59 Å². The molecule has 0 atom stereocenters. The van der Waals surface area contributed by atoms with Gasteiger partial charge in [-0.15, -0.1) is 0 Å². The molecule has 0 saturated carbocycles. The molecule has 2 N–H and O–H groups in total. The molecule has 1 aromatic heterocycles. The first-order valence-electron chi connectivity index (χ1n) is 9.75. The fraction of sp³-hybridized carbons (Fsp3) is 0.217. The first-order chi connectivity index (χ1) is 15.0. The molecule has 8 heteroatoms. The highest BCUT2D eigenvalue weighted by Gasteiger charge is 2.08. The van der Waals surface area contributed by atoms with Crippen LogP contribution >= 0.6 is 23.2 Å². The van der Waals surface area contributed by atoms with Gasteiger partial charge in [0.1, 0.15) is 11.5 Å². The second-order valence-corrected chi connectivity index (χ2v) is 7.61. The van der Waals surface area contributed by atoms with Crippen molar-refractivity contribution in [2.75, 3.05) is 6.61 Å². The first kappa shape index (κ1) is 22.7. The molecule has 0 aliphatic carbocycles. The normalized spacial score (nSPS) is 10.5. The van der Waals surface area contributed by atoms with Gasteiger partial charge >= 0.3 is 0 Å². The average Bonchev–Trinajstić information content (AvgIpc) is 3.29. The monoisotopic (exact) mass is 460 g/mol. The van der Waals surface area contributed by atoms with E-state index in [1.807, 2.05) is 6.07 Å². The molecule has 0 aliphatic rings. The van der Waals surface area contributed by atoms with Gasteiger partial charge in [0.2, 0.25) is 5.91 Å². The summed E-state index contributed by atoms with van der Waals surface area (Å²) in [7, 11) is 0. The van der Waals surface area contributed by atoms with E-state index < -0.39 is 0 Å². The minimum absolute atomic E-state index is 0.0986. The maximum atomic E-state index is 12.3. The van der Waals surface area contributed by atoms with Crippen molar-refractivity contribution in [3.05, 3.63) is 87.8 Å². The van der Waals surface area contributed by atoms with Crippen molar-refractivity contribution < 1.29 is 18.7 Å². The SMILES string of the molecule is O=C(CCCOc1ccc(Cl)cc1Cl)NCc1cccc(C(=O)NCc2ccco2)c1. The Morgan fingerprint density at radius 1 is 0.968 bits per heavy atom. The van der Waals surface area contributed by atoms with E-state index in [1.165, 1.54) is 0 Å². The lowest BCUT2D eigenvalue weighted by Crippen LogP contribution is -2.24. The van der Waals surface area contributed by atoms with Crippen LogP contribution in [0.3, 0.4) is 0 Å². The van der Waals surface area contributed by atoms with E-state index >= 15 is 0 Å². The van der Waals surface area contributed by atoms with Gasteiger partial charge in [-0.05, 0) is 54.4 Å². The Hall–Kier alpha value is -2.96. The van der Waals surface area contributed by atoms with E-state index in [4.69, 9.17) is 32.4 Å². The molecule has 0 saturated heterocycles. The number of furan rings is 1. The Morgan fingerprint density at radius 2 is 1.84 bits per heavy atom. The molecule has 3 rings (SSSR count). The summed E-state index contributed by atoms with van der Waals surface area (Å²) in [6.45, 7) is 1.01. The zero-order chi connectivity index (χ0) is 22.1. The Bertz CT molecular complexity index is 1020. The molecular formula is C23H22Cl2N2O4. The Balaban J connectivity index is 1.38. The fourth-order valence-corrected chi connectivity index (χ4v) is 3.26. The minimum atomic E-state index is -0.206. The van der Waals surface area contributed by atoms with Gasteiger partial charge in [0.15, 0.2) is 0 Å². The maximum absolute atomic E-state index is 12.3. The van der Waals surface area contributed by atoms with Gasteiger partial charge in [-0.25, -0.2) is 0 Å². The highest BCUT2D eigenvalue weighted by molar-refractivity contribution is 6.35. The molecule has 0 fully saturated rings. The molecule has 6 nitrogen and oxygen atoms in total. The molecule has 162 valence electrons. The summed E-state index contributed by atoms with van der Waals surface area (Å²) in [5.41, 5.74) is 1.36. The summed E-state index contributed by atoms with van der Waals surface area (Å²) in [4.78, 5) is 24.4. The lowest BCUT2D eigenvalue weighted by molar-refractivity contribution is -0.121. The first-order valence-corrected chi connectivity index (χ1v) is 10.5. The third-order valence-electron chi connectivity index (χ3n) is 4.38. The number of halogens is 2. The van der Waals surface area contributed by atoms with E-state index in [0.29, 0.717) is 59.7 Å². The number of nitrogens with one attached hydrogen (secondary N) is 2. The summed E-state index contributed by atoms with van der Waals surface area (Å²) in [5, 5.41) is 6.62. The molecule has 2 aromatic carbocycles. The quantitative estimate of drug-likeness (QED) is 0.417. The average molecular weight is 461 g/mol. The number of ether oxygens (including phenoxy) is 1. The number of carbonyl (C=O) groups excluding carboxylic acids is 2. The van der Waals surface area contributed by atoms with Gasteiger partial charge in [0.25, 0.3) is 5.91 Å². The lowest BCUT2D eigenvalue weighted by atomic mass is 10.1. The Labute approximate surface area is 190 Å². The van der Waals surface area contributed by atoms with E-state index in [1.54, 1.807) is 54.8 Å². The topological polar surface area (TPSA) is 80.6 Å². The molecule has 1 heterocycles.